The van der Waals surface area contributed by atoms with Crippen molar-refractivity contribution in [3.8, 4) is 0 Å². The lowest BCUT2D eigenvalue weighted by atomic mass is 9.96. The highest BCUT2D eigenvalue weighted by atomic mass is 32.1. The molecular formula is C14H20N2O3S. The summed E-state index contributed by atoms with van der Waals surface area (Å²) in [6, 6.07) is 3.60. The van der Waals surface area contributed by atoms with Gasteiger partial charge in [-0.05, 0) is 44.1 Å². The van der Waals surface area contributed by atoms with E-state index in [0.29, 0.717) is 13.1 Å². The molecule has 1 aliphatic rings. The lowest BCUT2D eigenvalue weighted by Crippen LogP contribution is -2.57. The number of carbonyl (C=O) groups excluding carboxylic acids is 1. The van der Waals surface area contributed by atoms with E-state index in [1.807, 2.05) is 24.4 Å². The molecule has 0 bridgehead atoms. The first-order valence-electron chi connectivity index (χ1n) is 6.80. The average molecular weight is 296 g/mol. The van der Waals surface area contributed by atoms with Gasteiger partial charge in [0.05, 0.1) is 6.54 Å². The number of nitrogens with one attached hydrogen (secondary N) is 1. The highest BCUT2D eigenvalue weighted by molar-refractivity contribution is 7.09. The Labute approximate surface area is 122 Å². The van der Waals surface area contributed by atoms with Crippen LogP contribution in [0.2, 0.25) is 0 Å². The van der Waals surface area contributed by atoms with Gasteiger partial charge in [0, 0.05) is 11.4 Å². The summed E-state index contributed by atoms with van der Waals surface area (Å²) < 4.78 is 0. The van der Waals surface area contributed by atoms with E-state index < -0.39 is 11.5 Å². The molecule has 1 atom stereocenters. The minimum atomic E-state index is -1.15. The molecule has 0 saturated heterocycles. The molecule has 5 nitrogen and oxygen atoms in total. The summed E-state index contributed by atoms with van der Waals surface area (Å²) in [4.78, 5) is 26.5. The fourth-order valence-corrected chi connectivity index (χ4v) is 2.93. The number of carboxylic acids is 1. The van der Waals surface area contributed by atoms with E-state index >= 15 is 0 Å². The maximum atomic E-state index is 12.3. The quantitative estimate of drug-likeness (QED) is 0.847. The summed E-state index contributed by atoms with van der Waals surface area (Å²) in [5, 5.41) is 14.0. The normalized spacial score (nSPS) is 17.3. The Kier molecular flexibility index (Phi) is 4.32. The van der Waals surface area contributed by atoms with Crippen molar-refractivity contribution < 1.29 is 14.7 Å². The Morgan fingerprint density at radius 3 is 2.70 bits per heavy atom. The van der Waals surface area contributed by atoms with E-state index in [1.54, 1.807) is 23.2 Å². The number of aliphatic carboxylic acids is 1. The van der Waals surface area contributed by atoms with Gasteiger partial charge in [0.2, 0.25) is 0 Å². The van der Waals surface area contributed by atoms with Crippen molar-refractivity contribution in [2.24, 2.45) is 5.92 Å². The van der Waals surface area contributed by atoms with Crippen LogP contribution >= 0.6 is 11.3 Å². The van der Waals surface area contributed by atoms with E-state index in [0.717, 1.165) is 17.7 Å². The van der Waals surface area contributed by atoms with Gasteiger partial charge in [0.1, 0.15) is 5.54 Å². The van der Waals surface area contributed by atoms with Crippen molar-refractivity contribution in [3.05, 3.63) is 22.4 Å². The molecule has 1 aromatic heterocycles. The fraction of sp³-hybridized carbons (Fsp3) is 0.571. The maximum Gasteiger partial charge on any atom is 0.329 e. The standard InChI is InChI=1S/C14H20N2O3S/c1-3-16(9-11-5-4-8-20-11)13(19)15-14(2,12(17)18)10-6-7-10/h4-5,8,10H,3,6-7,9H2,1-2H3,(H,15,19)(H,17,18). The lowest BCUT2D eigenvalue weighted by molar-refractivity contribution is -0.144. The zero-order chi connectivity index (χ0) is 14.8. The summed E-state index contributed by atoms with van der Waals surface area (Å²) in [7, 11) is 0. The smallest absolute Gasteiger partial charge is 0.329 e. The molecule has 2 amide bonds. The lowest BCUT2D eigenvalue weighted by Gasteiger charge is -2.30. The molecule has 1 unspecified atom stereocenters. The molecule has 2 N–H and O–H groups in total. The van der Waals surface area contributed by atoms with Gasteiger partial charge in [-0.3, -0.25) is 0 Å². The Bertz CT molecular complexity index is 485. The number of carboxylic acid groups (broad SMARTS) is 1. The number of amides is 2. The van der Waals surface area contributed by atoms with Crippen molar-refractivity contribution in [1.82, 2.24) is 10.2 Å². The number of hydrogen-bond acceptors (Lipinski definition) is 3. The minimum Gasteiger partial charge on any atom is -0.480 e. The molecule has 0 radical (unpaired) electrons. The third-order valence-electron chi connectivity index (χ3n) is 3.80. The van der Waals surface area contributed by atoms with Crippen LogP contribution in [0, 0.1) is 5.92 Å². The van der Waals surface area contributed by atoms with Crippen LogP contribution in [0.1, 0.15) is 31.6 Å². The van der Waals surface area contributed by atoms with Crippen molar-refractivity contribution >= 4 is 23.3 Å². The predicted octanol–water partition coefficient (Wildman–Crippen LogP) is 2.53. The van der Waals surface area contributed by atoms with Crippen molar-refractivity contribution in [2.45, 2.75) is 38.8 Å². The summed E-state index contributed by atoms with van der Waals surface area (Å²) in [6.45, 7) is 4.55. The minimum absolute atomic E-state index is 0.0457. The number of urea groups is 1. The van der Waals surface area contributed by atoms with Gasteiger partial charge in [-0.2, -0.15) is 0 Å². The van der Waals surface area contributed by atoms with Crippen LogP contribution in [0.5, 0.6) is 0 Å². The van der Waals surface area contributed by atoms with Gasteiger partial charge in [-0.15, -0.1) is 11.3 Å². The van der Waals surface area contributed by atoms with Gasteiger partial charge in [0.25, 0.3) is 0 Å². The topological polar surface area (TPSA) is 69.6 Å². The van der Waals surface area contributed by atoms with E-state index in [2.05, 4.69) is 5.32 Å². The van der Waals surface area contributed by atoms with Gasteiger partial charge >= 0.3 is 12.0 Å². The Hall–Kier alpha value is -1.56. The van der Waals surface area contributed by atoms with Crippen LogP contribution in [0.25, 0.3) is 0 Å². The molecule has 20 heavy (non-hydrogen) atoms. The second-order valence-corrected chi connectivity index (χ2v) is 6.34. The summed E-state index contributed by atoms with van der Waals surface area (Å²) >= 11 is 1.59. The number of carbonyl (C=O) groups is 2. The predicted molar refractivity (Wildman–Crippen MR) is 77.7 cm³/mol. The number of hydrogen-bond donors (Lipinski definition) is 2. The van der Waals surface area contributed by atoms with Gasteiger partial charge in [0.15, 0.2) is 0 Å². The van der Waals surface area contributed by atoms with Gasteiger partial charge < -0.3 is 15.3 Å². The van der Waals surface area contributed by atoms with Crippen molar-refractivity contribution in [1.29, 1.82) is 0 Å². The fourth-order valence-electron chi connectivity index (χ4n) is 2.21. The first-order valence-corrected chi connectivity index (χ1v) is 7.68. The summed E-state index contributed by atoms with van der Waals surface area (Å²) in [5.74, 6) is -0.912. The number of thiophene rings is 1. The molecule has 1 saturated carbocycles. The largest absolute Gasteiger partial charge is 0.480 e. The SMILES string of the molecule is CCN(Cc1cccs1)C(=O)NC(C)(C(=O)O)C1CC1. The second-order valence-electron chi connectivity index (χ2n) is 5.31. The Balaban J connectivity index is 2.03. The van der Waals surface area contributed by atoms with Crippen LogP contribution in [-0.4, -0.2) is 34.1 Å². The van der Waals surface area contributed by atoms with Gasteiger partial charge in [-0.1, -0.05) is 6.07 Å². The van der Waals surface area contributed by atoms with Gasteiger partial charge in [-0.25, -0.2) is 9.59 Å². The van der Waals surface area contributed by atoms with E-state index in [4.69, 9.17) is 0 Å². The Morgan fingerprint density at radius 2 is 2.25 bits per heavy atom. The van der Waals surface area contributed by atoms with Crippen molar-refractivity contribution in [3.63, 3.8) is 0 Å². The third kappa shape index (κ3) is 3.12. The number of nitrogens with zero attached hydrogens (tertiary/aromatic N) is 1. The van der Waals surface area contributed by atoms with Crippen LogP contribution in [0.4, 0.5) is 4.79 Å². The van der Waals surface area contributed by atoms with E-state index in [-0.39, 0.29) is 11.9 Å². The molecule has 1 aliphatic carbocycles. The van der Waals surface area contributed by atoms with Crippen LogP contribution < -0.4 is 5.32 Å². The molecule has 2 rings (SSSR count). The summed E-state index contributed by atoms with van der Waals surface area (Å²) in [5.41, 5.74) is -1.15. The van der Waals surface area contributed by atoms with Crippen LogP contribution in [0.15, 0.2) is 17.5 Å². The molecule has 0 spiro atoms. The molecular weight excluding hydrogens is 276 g/mol. The van der Waals surface area contributed by atoms with E-state index in [1.165, 1.54) is 0 Å². The molecule has 110 valence electrons. The second kappa shape index (κ2) is 5.83. The first kappa shape index (κ1) is 14.8. The van der Waals surface area contributed by atoms with E-state index in [9.17, 15) is 14.7 Å². The monoisotopic (exact) mass is 296 g/mol. The highest BCUT2D eigenvalue weighted by Gasteiger charge is 2.49. The molecule has 0 aliphatic heterocycles. The summed E-state index contributed by atoms with van der Waals surface area (Å²) in [6.07, 6.45) is 1.72. The zero-order valence-corrected chi connectivity index (χ0v) is 12.6. The molecule has 1 heterocycles. The molecule has 0 aromatic carbocycles. The highest BCUT2D eigenvalue weighted by Crippen LogP contribution is 2.39. The molecule has 1 fully saturated rings. The third-order valence-corrected chi connectivity index (χ3v) is 4.66. The molecule has 6 heteroatoms. The Morgan fingerprint density at radius 1 is 1.55 bits per heavy atom. The average Bonchev–Trinajstić information content (AvgIpc) is 3.14. The van der Waals surface area contributed by atoms with Crippen molar-refractivity contribution in [2.75, 3.05) is 6.54 Å². The number of rotatable bonds is 6. The van der Waals surface area contributed by atoms with Crippen LogP contribution in [0.3, 0.4) is 0 Å². The maximum absolute atomic E-state index is 12.3. The van der Waals surface area contributed by atoms with Crippen LogP contribution in [-0.2, 0) is 11.3 Å². The first-order chi connectivity index (χ1) is 9.47. The zero-order valence-electron chi connectivity index (χ0n) is 11.8. The molecule has 1 aromatic rings.